The minimum atomic E-state index is 0.375. The number of nitrogens with zero attached hydrogens (tertiary/aromatic N) is 1. The van der Waals surface area contributed by atoms with Crippen molar-refractivity contribution in [1.29, 1.82) is 0 Å². The number of nitrogens with two attached hydrogens (primary N) is 1. The van der Waals surface area contributed by atoms with Crippen molar-refractivity contribution in [2.45, 2.75) is 32.6 Å². The maximum atomic E-state index is 5.90. The summed E-state index contributed by atoms with van der Waals surface area (Å²) in [7, 11) is 1.65. The number of anilines is 1. The number of unbranched alkanes of at least 4 members (excludes halogenated alkanes) is 2. The van der Waals surface area contributed by atoms with E-state index in [1.165, 1.54) is 12.8 Å². The van der Waals surface area contributed by atoms with Crippen LogP contribution in [0.25, 0.3) is 11.1 Å². The standard InChI is InChI=1S/C15H20N2O2/c1-3-4-5-9-13-14(15(16)19-17-13)11-7-6-8-12(10-11)18-2/h6-8,10H,3-5,9,16H2,1-2H3. The van der Waals surface area contributed by atoms with Crippen LogP contribution in [0.4, 0.5) is 5.88 Å². The molecule has 0 radical (unpaired) electrons. The van der Waals surface area contributed by atoms with E-state index in [4.69, 9.17) is 15.0 Å². The molecule has 0 saturated carbocycles. The largest absolute Gasteiger partial charge is 0.497 e. The van der Waals surface area contributed by atoms with Crippen molar-refractivity contribution >= 4 is 5.88 Å². The third kappa shape index (κ3) is 3.08. The van der Waals surface area contributed by atoms with Gasteiger partial charge in [-0.15, -0.1) is 0 Å². The molecule has 0 amide bonds. The SMILES string of the molecule is CCCCCc1noc(N)c1-c1cccc(OC)c1. The van der Waals surface area contributed by atoms with Gasteiger partial charge < -0.3 is 15.0 Å². The zero-order chi connectivity index (χ0) is 13.7. The molecule has 0 aliphatic heterocycles. The van der Waals surface area contributed by atoms with E-state index in [9.17, 15) is 0 Å². The van der Waals surface area contributed by atoms with Crippen molar-refractivity contribution in [1.82, 2.24) is 5.16 Å². The zero-order valence-corrected chi connectivity index (χ0v) is 11.5. The number of ether oxygens (including phenoxy) is 1. The Bertz CT molecular complexity index is 535. The van der Waals surface area contributed by atoms with Crippen LogP contribution >= 0.6 is 0 Å². The molecule has 0 aliphatic rings. The van der Waals surface area contributed by atoms with E-state index >= 15 is 0 Å². The quantitative estimate of drug-likeness (QED) is 0.805. The Balaban J connectivity index is 2.29. The Morgan fingerprint density at radius 3 is 2.89 bits per heavy atom. The van der Waals surface area contributed by atoms with Gasteiger partial charge in [0.1, 0.15) is 5.75 Å². The van der Waals surface area contributed by atoms with Crippen molar-refractivity contribution in [2.75, 3.05) is 12.8 Å². The second-order valence-electron chi connectivity index (χ2n) is 4.56. The smallest absolute Gasteiger partial charge is 0.230 e. The van der Waals surface area contributed by atoms with Crippen LogP contribution in [0.3, 0.4) is 0 Å². The molecule has 1 aromatic carbocycles. The van der Waals surface area contributed by atoms with Gasteiger partial charge in [-0.2, -0.15) is 0 Å². The number of aryl methyl sites for hydroxylation is 1. The van der Waals surface area contributed by atoms with Crippen LogP contribution in [0.15, 0.2) is 28.8 Å². The molecule has 2 N–H and O–H groups in total. The average molecular weight is 260 g/mol. The number of aromatic nitrogens is 1. The molecule has 0 fully saturated rings. The molecule has 19 heavy (non-hydrogen) atoms. The molecule has 0 aliphatic carbocycles. The Morgan fingerprint density at radius 2 is 2.16 bits per heavy atom. The summed E-state index contributed by atoms with van der Waals surface area (Å²) in [4.78, 5) is 0. The van der Waals surface area contributed by atoms with E-state index in [1.54, 1.807) is 7.11 Å². The summed E-state index contributed by atoms with van der Waals surface area (Å²) in [5, 5.41) is 4.08. The average Bonchev–Trinajstić information content (AvgIpc) is 2.80. The van der Waals surface area contributed by atoms with Crippen LogP contribution < -0.4 is 10.5 Å². The highest BCUT2D eigenvalue weighted by atomic mass is 16.5. The second-order valence-corrected chi connectivity index (χ2v) is 4.56. The molecule has 1 aromatic heterocycles. The summed E-state index contributed by atoms with van der Waals surface area (Å²) >= 11 is 0. The van der Waals surface area contributed by atoms with Gasteiger partial charge in [-0.05, 0) is 30.5 Å². The first-order valence-electron chi connectivity index (χ1n) is 6.64. The molecular weight excluding hydrogens is 240 g/mol. The summed E-state index contributed by atoms with van der Waals surface area (Å²) in [5.74, 6) is 1.18. The molecule has 0 bridgehead atoms. The zero-order valence-electron chi connectivity index (χ0n) is 11.5. The predicted octanol–water partition coefficient (Wildman–Crippen LogP) is 3.67. The van der Waals surface area contributed by atoms with E-state index in [2.05, 4.69) is 12.1 Å². The monoisotopic (exact) mass is 260 g/mol. The molecule has 2 aromatic rings. The third-order valence-electron chi connectivity index (χ3n) is 3.16. The highest BCUT2D eigenvalue weighted by molar-refractivity contribution is 5.75. The van der Waals surface area contributed by atoms with Crippen molar-refractivity contribution < 1.29 is 9.26 Å². The first-order chi connectivity index (χ1) is 9.26. The van der Waals surface area contributed by atoms with Crippen molar-refractivity contribution in [2.24, 2.45) is 0 Å². The summed E-state index contributed by atoms with van der Waals surface area (Å²) < 4.78 is 10.4. The minimum absolute atomic E-state index is 0.375. The Hall–Kier alpha value is -1.97. The lowest BCUT2D eigenvalue weighted by atomic mass is 10.0. The fourth-order valence-electron chi connectivity index (χ4n) is 2.14. The molecular formula is C15H20N2O2. The van der Waals surface area contributed by atoms with Gasteiger partial charge in [-0.1, -0.05) is 37.1 Å². The van der Waals surface area contributed by atoms with E-state index < -0.39 is 0 Å². The molecule has 0 unspecified atom stereocenters. The normalized spacial score (nSPS) is 10.6. The van der Waals surface area contributed by atoms with Crippen molar-refractivity contribution in [3.63, 3.8) is 0 Å². The maximum absolute atomic E-state index is 5.90. The molecule has 4 nitrogen and oxygen atoms in total. The van der Waals surface area contributed by atoms with Gasteiger partial charge in [-0.25, -0.2) is 0 Å². The number of benzene rings is 1. The van der Waals surface area contributed by atoms with Crippen molar-refractivity contribution in [3.05, 3.63) is 30.0 Å². The second kappa shape index (κ2) is 6.27. The lowest BCUT2D eigenvalue weighted by molar-refractivity contribution is 0.415. The van der Waals surface area contributed by atoms with Crippen LogP contribution in [0.5, 0.6) is 5.75 Å². The van der Waals surface area contributed by atoms with Gasteiger partial charge in [0.15, 0.2) is 0 Å². The van der Waals surface area contributed by atoms with Crippen LogP contribution in [0.2, 0.25) is 0 Å². The first-order valence-corrected chi connectivity index (χ1v) is 6.64. The predicted molar refractivity (Wildman–Crippen MR) is 76.1 cm³/mol. The number of hydrogen-bond acceptors (Lipinski definition) is 4. The number of methoxy groups -OCH3 is 1. The molecule has 2 rings (SSSR count). The molecule has 0 atom stereocenters. The van der Waals surface area contributed by atoms with Crippen LogP contribution in [0, 0.1) is 0 Å². The van der Waals surface area contributed by atoms with Gasteiger partial charge in [0, 0.05) is 0 Å². The summed E-state index contributed by atoms with van der Waals surface area (Å²) in [5.41, 5.74) is 8.72. The number of rotatable bonds is 6. The summed E-state index contributed by atoms with van der Waals surface area (Å²) in [6.45, 7) is 2.18. The molecule has 0 spiro atoms. The van der Waals surface area contributed by atoms with Gasteiger partial charge in [0.05, 0.1) is 18.4 Å². The van der Waals surface area contributed by atoms with E-state index in [0.717, 1.165) is 35.4 Å². The number of nitrogen functional groups attached to an aromatic ring is 1. The van der Waals surface area contributed by atoms with Crippen LogP contribution in [-0.4, -0.2) is 12.3 Å². The molecule has 0 saturated heterocycles. The molecule has 102 valence electrons. The number of hydrogen-bond donors (Lipinski definition) is 1. The minimum Gasteiger partial charge on any atom is -0.497 e. The lowest BCUT2D eigenvalue weighted by Gasteiger charge is -2.05. The highest BCUT2D eigenvalue weighted by Crippen LogP contribution is 2.32. The van der Waals surface area contributed by atoms with Crippen LogP contribution in [-0.2, 0) is 6.42 Å². The molecule has 4 heteroatoms. The van der Waals surface area contributed by atoms with E-state index in [0.29, 0.717) is 5.88 Å². The Morgan fingerprint density at radius 1 is 1.32 bits per heavy atom. The van der Waals surface area contributed by atoms with Gasteiger partial charge in [-0.3, -0.25) is 0 Å². The first kappa shape index (κ1) is 13.5. The molecule has 1 heterocycles. The summed E-state index contributed by atoms with van der Waals surface area (Å²) in [6, 6.07) is 7.79. The van der Waals surface area contributed by atoms with E-state index in [1.807, 2.05) is 24.3 Å². The fourth-order valence-corrected chi connectivity index (χ4v) is 2.14. The third-order valence-corrected chi connectivity index (χ3v) is 3.16. The van der Waals surface area contributed by atoms with Gasteiger partial charge in [0.25, 0.3) is 0 Å². The van der Waals surface area contributed by atoms with Gasteiger partial charge in [0.2, 0.25) is 5.88 Å². The maximum Gasteiger partial charge on any atom is 0.230 e. The Kier molecular flexibility index (Phi) is 4.44. The van der Waals surface area contributed by atoms with Gasteiger partial charge >= 0.3 is 0 Å². The summed E-state index contributed by atoms with van der Waals surface area (Å²) in [6.07, 6.45) is 4.35. The Labute approximate surface area is 113 Å². The van der Waals surface area contributed by atoms with Crippen LogP contribution in [0.1, 0.15) is 31.9 Å². The highest BCUT2D eigenvalue weighted by Gasteiger charge is 2.15. The van der Waals surface area contributed by atoms with Crippen molar-refractivity contribution in [3.8, 4) is 16.9 Å². The van der Waals surface area contributed by atoms with E-state index in [-0.39, 0.29) is 0 Å². The topological polar surface area (TPSA) is 61.3 Å². The lowest BCUT2D eigenvalue weighted by Crippen LogP contribution is -1.92. The fraction of sp³-hybridized carbons (Fsp3) is 0.400.